The van der Waals surface area contributed by atoms with Gasteiger partial charge in [-0.15, -0.1) is 0 Å². The van der Waals surface area contributed by atoms with Crippen molar-refractivity contribution >= 4 is 34.7 Å². The Balaban J connectivity index is 1.21. The number of nitrogen functional groups attached to an aromatic ring is 1. The molecule has 2 aromatic heterocycles. The largest absolute Gasteiger partial charge is 0.465 e. The van der Waals surface area contributed by atoms with Gasteiger partial charge in [-0.25, -0.2) is 24.5 Å². The lowest BCUT2D eigenvalue weighted by Gasteiger charge is -2.22. The van der Waals surface area contributed by atoms with E-state index in [1.807, 2.05) is 11.9 Å². The predicted molar refractivity (Wildman–Crippen MR) is 133 cm³/mol. The smallest absolute Gasteiger partial charge is 0.337 e. The lowest BCUT2D eigenvalue weighted by atomic mass is 10.1. The van der Waals surface area contributed by atoms with Crippen LogP contribution in [0.2, 0.25) is 0 Å². The Morgan fingerprint density at radius 3 is 2.68 bits per heavy atom. The molecule has 37 heavy (non-hydrogen) atoms. The van der Waals surface area contributed by atoms with Crippen molar-refractivity contribution in [1.82, 2.24) is 29.7 Å². The Morgan fingerprint density at radius 2 is 1.95 bits per heavy atom. The van der Waals surface area contributed by atoms with Gasteiger partial charge in [-0.3, -0.25) is 4.57 Å². The van der Waals surface area contributed by atoms with Gasteiger partial charge >= 0.3 is 12.0 Å². The molecule has 4 atom stereocenters. The quantitative estimate of drug-likeness (QED) is 0.190. The summed E-state index contributed by atoms with van der Waals surface area (Å²) in [5, 5.41) is 26.6. The highest BCUT2D eigenvalue weighted by Gasteiger charge is 2.44. The number of esters is 1. The van der Waals surface area contributed by atoms with Gasteiger partial charge in [-0.1, -0.05) is 0 Å². The van der Waals surface area contributed by atoms with Crippen molar-refractivity contribution in [3.8, 4) is 0 Å². The number of amides is 2. The number of hydrogen-bond donors (Lipinski definition) is 5. The van der Waals surface area contributed by atoms with Gasteiger partial charge in [0, 0.05) is 18.8 Å². The van der Waals surface area contributed by atoms with Crippen LogP contribution >= 0.6 is 0 Å². The van der Waals surface area contributed by atoms with E-state index >= 15 is 0 Å². The minimum absolute atomic E-state index is 0.215. The zero-order valence-electron chi connectivity index (χ0n) is 20.4. The number of likely N-dealkylation sites (N-methyl/N-ethyl adjacent to an activating group) is 1. The third-order valence-electron chi connectivity index (χ3n) is 6.06. The summed E-state index contributed by atoms with van der Waals surface area (Å²) in [4.78, 5) is 37.8. The molecule has 1 aromatic carbocycles. The lowest BCUT2D eigenvalue weighted by molar-refractivity contribution is -0.0421. The fourth-order valence-corrected chi connectivity index (χ4v) is 4.10. The first kappa shape index (κ1) is 26.2. The Kier molecular flexibility index (Phi) is 8.13. The molecule has 14 nitrogen and oxygen atoms in total. The third-order valence-corrected chi connectivity index (χ3v) is 6.06. The molecule has 1 saturated heterocycles. The number of methoxy groups -OCH3 is 1. The van der Waals surface area contributed by atoms with E-state index in [0.29, 0.717) is 48.5 Å². The fourth-order valence-electron chi connectivity index (χ4n) is 4.10. The summed E-state index contributed by atoms with van der Waals surface area (Å²) in [6, 6.07) is 5.99. The number of fused-ring (bicyclic) bond motifs is 1. The summed E-state index contributed by atoms with van der Waals surface area (Å²) < 4.78 is 12.1. The molecule has 198 valence electrons. The monoisotopic (exact) mass is 514 g/mol. The van der Waals surface area contributed by atoms with E-state index in [4.69, 9.17) is 10.5 Å². The second kappa shape index (κ2) is 11.5. The number of anilines is 2. The number of carbonyl (C=O) groups is 2. The number of nitrogens with two attached hydrogens (primary N) is 1. The topological polar surface area (TPSA) is 190 Å². The van der Waals surface area contributed by atoms with Crippen LogP contribution in [-0.2, 0) is 9.47 Å². The van der Waals surface area contributed by atoms with Gasteiger partial charge in [0.2, 0.25) is 0 Å². The number of hydrogen-bond acceptors (Lipinski definition) is 11. The first-order valence-electron chi connectivity index (χ1n) is 11.6. The van der Waals surface area contributed by atoms with Crippen LogP contribution in [0, 0.1) is 0 Å². The SMILES string of the molecule is COC(=O)c1ccc(NC(=O)NCCCN(C)C[C@H]2O[C@@H](n3cnc4c(N)ncnc43)[C@H](O)[C@@H]2O)cc1. The van der Waals surface area contributed by atoms with Gasteiger partial charge in [-0.05, 0) is 44.3 Å². The molecule has 1 fully saturated rings. The number of nitrogens with zero attached hydrogens (tertiary/aromatic N) is 5. The number of urea groups is 1. The van der Waals surface area contributed by atoms with E-state index in [9.17, 15) is 19.8 Å². The van der Waals surface area contributed by atoms with Gasteiger partial charge in [0.1, 0.15) is 30.2 Å². The highest BCUT2D eigenvalue weighted by atomic mass is 16.6. The normalized spacial score (nSPS) is 21.3. The fraction of sp³-hybridized carbons (Fsp3) is 0.435. The van der Waals surface area contributed by atoms with Crippen molar-refractivity contribution in [3.05, 3.63) is 42.5 Å². The van der Waals surface area contributed by atoms with Crippen LogP contribution in [0.5, 0.6) is 0 Å². The van der Waals surface area contributed by atoms with Gasteiger partial charge < -0.3 is 41.0 Å². The first-order chi connectivity index (χ1) is 17.8. The molecular formula is C23H30N8O6. The summed E-state index contributed by atoms with van der Waals surface area (Å²) in [5.41, 5.74) is 7.56. The van der Waals surface area contributed by atoms with Crippen molar-refractivity contribution in [2.75, 3.05) is 44.8 Å². The van der Waals surface area contributed by atoms with Gasteiger partial charge in [0.25, 0.3) is 0 Å². The molecule has 1 aliphatic rings. The maximum Gasteiger partial charge on any atom is 0.337 e. The minimum atomic E-state index is -1.18. The summed E-state index contributed by atoms with van der Waals surface area (Å²) in [7, 11) is 3.16. The van der Waals surface area contributed by atoms with Crippen LogP contribution in [0.3, 0.4) is 0 Å². The van der Waals surface area contributed by atoms with Crippen molar-refractivity contribution in [2.45, 2.75) is 31.0 Å². The summed E-state index contributed by atoms with van der Waals surface area (Å²) >= 11 is 0. The van der Waals surface area contributed by atoms with Crippen LogP contribution in [0.1, 0.15) is 23.0 Å². The maximum absolute atomic E-state index is 12.1. The van der Waals surface area contributed by atoms with Crippen LogP contribution in [0.4, 0.5) is 16.3 Å². The second-order valence-corrected chi connectivity index (χ2v) is 8.69. The Hall–Kier alpha value is -3.85. The van der Waals surface area contributed by atoms with E-state index in [-0.39, 0.29) is 11.8 Å². The molecule has 0 spiro atoms. The van der Waals surface area contributed by atoms with Crippen molar-refractivity contribution in [3.63, 3.8) is 0 Å². The van der Waals surface area contributed by atoms with Crippen LogP contribution < -0.4 is 16.4 Å². The number of imidazole rings is 1. The molecule has 3 heterocycles. The average molecular weight is 515 g/mol. The summed E-state index contributed by atoms with van der Waals surface area (Å²) in [6.45, 7) is 1.38. The highest BCUT2D eigenvalue weighted by molar-refractivity contribution is 5.92. The second-order valence-electron chi connectivity index (χ2n) is 8.69. The number of aromatic nitrogens is 4. The minimum Gasteiger partial charge on any atom is -0.465 e. The van der Waals surface area contributed by atoms with Crippen LogP contribution in [0.25, 0.3) is 11.2 Å². The van der Waals surface area contributed by atoms with E-state index in [1.54, 1.807) is 24.3 Å². The molecule has 14 heteroatoms. The molecule has 0 unspecified atom stereocenters. The predicted octanol–water partition coefficient (Wildman–Crippen LogP) is -0.0421. The Labute approximate surface area is 212 Å². The van der Waals surface area contributed by atoms with Crippen molar-refractivity contribution < 1.29 is 29.3 Å². The molecule has 4 rings (SSSR count). The van der Waals surface area contributed by atoms with E-state index < -0.39 is 30.5 Å². The maximum atomic E-state index is 12.1. The highest BCUT2D eigenvalue weighted by Crippen LogP contribution is 2.32. The molecule has 0 radical (unpaired) electrons. The zero-order chi connectivity index (χ0) is 26.5. The van der Waals surface area contributed by atoms with Crippen molar-refractivity contribution in [1.29, 1.82) is 0 Å². The zero-order valence-corrected chi connectivity index (χ0v) is 20.4. The molecule has 1 aliphatic heterocycles. The van der Waals surface area contributed by atoms with Crippen molar-refractivity contribution in [2.24, 2.45) is 0 Å². The molecule has 2 amide bonds. The molecular weight excluding hydrogens is 484 g/mol. The van der Waals surface area contributed by atoms with Gasteiger partial charge in [0.15, 0.2) is 17.7 Å². The lowest BCUT2D eigenvalue weighted by Crippen LogP contribution is -2.39. The molecule has 6 N–H and O–H groups in total. The van der Waals surface area contributed by atoms with Crippen LogP contribution in [-0.4, -0.2) is 98.7 Å². The number of rotatable bonds is 9. The molecule has 0 bridgehead atoms. The number of carbonyl (C=O) groups excluding carboxylic acids is 2. The number of aliphatic hydroxyl groups excluding tert-OH is 2. The third kappa shape index (κ3) is 5.94. The Morgan fingerprint density at radius 1 is 1.19 bits per heavy atom. The van der Waals surface area contributed by atoms with Crippen LogP contribution in [0.15, 0.2) is 36.9 Å². The first-order valence-corrected chi connectivity index (χ1v) is 11.6. The molecule has 0 saturated carbocycles. The summed E-state index contributed by atoms with van der Waals surface area (Å²) in [6.07, 6.45) is -0.425. The number of aliphatic hydroxyl groups is 2. The number of benzene rings is 1. The average Bonchev–Trinajstić information content (AvgIpc) is 3.44. The number of ether oxygens (including phenoxy) is 2. The standard InChI is InChI=1S/C23H30N8O6/c1-30(9-3-8-25-23(35)29-14-6-4-13(5-7-14)22(34)36-2)10-15-17(32)18(33)21(37-15)31-12-28-16-19(24)26-11-27-20(16)31/h4-7,11-12,15,17-18,21,32-33H,3,8-10H2,1-2H3,(H2,24,26,27)(H2,25,29,35)/t15-,17-,18-,21-/m1/s1. The van der Waals surface area contributed by atoms with E-state index in [1.165, 1.54) is 24.3 Å². The number of nitrogens with one attached hydrogen (secondary N) is 2. The van der Waals surface area contributed by atoms with Gasteiger partial charge in [0.05, 0.1) is 19.0 Å². The Bertz CT molecular complexity index is 1240. The summed E-state index contributed by atoms with van der Waals surface area (Å²) in [5.74, 6) is -0.234. The molecule has 0 aliphatic carbocycles. The molecule has 3 aromatic rings. The van der Waals surface area contributed by atoms with E-state index in [0.717, 1.165) is 0 Å². The van der Waals surface area contributed by atoms with Gasteiger partial charge in [-0.2, -0.15) is 0 Å². The van der Waals surface area contributed by atoms with E-state index in [2.05, 4.69) is 30.3 Å².